The molecule has 0 aromatic heterocycles. The fourth-order valence-electron chi connectivity index (χ4n) is 2.48. The average molecular weight is 279 g/mol. The smallest absolute Gasteiger partial charge is 0.266 e. The molecule has 1 aliphatic carbocycles. The maximum Gasteiger partial charge on any atom is 0.266 e. The Hall–Kier alpha value is -2.62. The van der Waals surface area contributed by atoms with Crippen LogP contribution in [0.4, 0.5) is 5.69 Å². The molecule has 1 heterocycles. The van der Waals surface area contributed by atoms with Crippen molar-refractivity contribution in [3.63, 3.8) is 0 Å². The van der Waals surface area contributed by atoms with Crippen LogP contribution in [-0.4, -0.2) is 17.9 Å². The Morgan fingerprint density at radius 3 is 1.95 bits per heavy atom. The summed E-state index contributed by atoms with van der Waals surface area (Å²) in [7, 11) is 0. The van der Waals surface area contributed by atoms with Crippen LogP contribution in [0.2, 0.25) is 0 Å². The first-order valence-electron chi connectivity index (χ1n) is 6.98. The van der Waals surface area contributed by atoms with Crippen LogP contribution in [0.25, 0.3) is 0 Å². The summed E-state index contributed by atoms with van der Waals surface area (Å²) in [5.41, 5.74) is 1.49. The van der Waals surface area contributed by atoms with E-state index in [1.165, 1.54) is 4.90 Å². The van der Waals surface area contributed by atoms with Crippen molar-refractivity contribution in [2.45, 2.75) is 18.9 Å². The number of rotatable bonds is 3. The van der Waals surface area contributed by atoms with E-state index in [4.69, 9.17) is 4.74 Å². The maximum atomic E-state index is 12.4. The van der Waals surface area contributed by atoms with E-state index in [9.17, 15) is 9.59 Å². The second-order valence-corrected chi connectivity index (χ2v) is 5.30. The van der Waals surface area contributed by atoms with E-state index in [0.717, 1.165) is 18.6 Å². The summed E-state index contributed by atoms with van der Waals surface area (Å²) in [5.74, 6) is 0.232. The van der Waals surface area contributed by atoms with Gasteiger partial charge < -0.3 is 4.74 Å². The van der Waals surface area contributed by atoms with E-state index in [0.29, 0.717) is 22.9 Å². The molecule has 2 amide bonds. The van der Waals surface area contributed by atoms with Gasteiger partial charge in [0.2, 0.25) is 0 Å². The van der Waals surface area contributed by atoms with Crippen LogP contribution in [-0.2, 0) is 0 Å². The molecular formula is C17H13NO3. The van der Waals surface area contributed by atoms with Crippen molar-refractivity contribution >= 4 is 17.5 Å². The minimum Gasteiger partial charge on any atom is -0.490 e. The van der Waals surface area contributed by atoms with Crippen molar-refractivity contribution in [1.82, 2.24) is 0 Å². The lowest BCUT2D eigenvalue weighted by molar-refractivity contribution is 0.0926. The second-order valence-electron chi connectivity index (χ2n) is 5.30. The summed E-state index contributed by atoms with van der Waals surface area (Å²) in [6.45, 7) is 0. The van der Waals surface area contributed by atoms with Gasteiger partial charge in [-0.3, -0.25) is 9.59 Å². The van der Waals surface area contributed by atoms with Gasteiger partial charge >= 0.3 is 0 Å². The molecule has 0 saturated heterocycles. The Balaban J connectivity index is 1.64. The Morgan fingerprint density at radius 1 is 0.857 bits per heavy atom. The van der Waals surface area contributed by atoms with Gasteiger partial charge in [0.25, 0.3) is 11.8 Å². The van der Waals surface area contributed by atoms with Gasteiger partial charge in [-0.15, -0.1) is 0 Å². The molecule has 0 N–H and O–H groups in total. The zero-order valence-corrected chi connectivity index (χ0v) is 11.3. The number of hydrogen-bond donors (Lipinski definition) is 0. The van der Waals surface area contributed by atoms with E-state index in [1.54, 1.807) is 48.5 Å². The lowest BCUT2D eigenvalue weighted by Crippen LogP contribution is -2.29. The number of fused-ring (bicyclic) bond motifs is 1. The molecule has 0 radical (unpaired) electrons. The van der Waals surface area contributed by atoms with Gasteiger partial charge in [-0.05, 0) is 49.2 Å². The van der Waals surface area contributed by atoms with E-state index in [1.807, 2.05) is 0 Å². The van der Waals surface area contributed by atoms with Gasteiger partial charge in [-0.25, -0.2) is 4.90 Å². The van der Waals surface area contributed by atoms with E-state index in [2.05, 4.69) is 0 Å². The number of ether oxygens (including phenoxy) is 1. The molecule has 1 aliphatic heterocycles. The quantitative estimate of drug-likeness (QED) is 0.811. The van der Waals surface area contributed by atoms with Crippen LogP contribution >= 0.6 is 0 Å². The number of amides is 2. The molecule has 4 nitrogen and oxygen atoms in total. The van der Waals surface area contributed by atoms with Crippen LogP contribution in [0.5, 0.6) is 5.75 Å². The fourth-order valence-corrected chi connectivity index (χ4v) is 2.48. The first-order chi connectivity index (χ1) is 10.2. The number of carbonyl (C=O) groups is 2. The standard InChI is InChI=1S/C17H13NO3/c19-16-14-3-1-2-4-15(14)17(20)18(16)11-5-7-12(8-6-11)21-13-9-10-13/h1-8,13H,9-10H2. The summed E-state index contributed by atoms with van der Waals surface area (Å²) in [6, 6.07) is 14.0. The predicted octanol–water partition coefficient (Wildman–Crippen LogP) is 3.03. The molecule has 4 rings (SSSR count). The highest BCUT2D eigenvalue weighted by molar-refractivity contribution is 6.34. The lowest BCUT2D eigenvalue weighted by Gasteiger charge is -2.14. The summed E-state index contributed by atoms with van der Waals surface area (Å²) in [5, 5.41) is 0. The summed E-state index contributed by atoms with van der Waals surface area (Å²) >= 11 is 0. The molecule has 2 aromatic rings. The third kappa shape index (κ3) is 2.00. The van der Waals surface area contributed by atoms with Crippen molar-refractivity contribution < 1.29 is 14.3 Å². The van der Waals surface area contributed by atoms with Gasteiger partial charge in [-0.1, -0.05) is 12.1 Å². The van der Waals surface area contributed by atoms with Crippen LogP contribution in [0.3, 0.4) is 0 Å². The number of anilines is 1. The highest BCUT2D eigenvalue weighted by Crippen LogP contribution is 2.31. The SMILES string of the molecule is O=C1c2ccccc2C(=O)N1c1ccc(OC2CC2)cc1. The first kappa shape index (κ1) is 12.1. The predicted molar refractivity (Wildman–Crippen MR) is 77.7 cm³/mol. The summed E-state index contributed by atoms with van der Waals surface area (Å²) in [4.78, 5) is 25.9. The summed E-state index contributed by atoms with van der Waals surface area (Å²) in [6.07, 6.45) is 2.52. The molecule has 1 saturated carbocycles. The molecule has 2 aromatic carbocycles. The number of hydrogen-bond acceptors (Lipinski definition) is 3. The summed E-state index contributed by atoms with van der Waals surface area (Å²) < 4.78 is 5.67. The number of nitrogens with zero attached hydrogens (tertiary/aromatic N) is 1. The second kappa shape index (κ2) is 4.45. The van der Waals surface area contributed by atoms with Crippen molar-refractivity contribution in [2.75, 3.05) is 4.90 Å². The van der Waals surface area contributed by atoms with Crippen molar-refractivity contribution in [2.24, 2.45) is 0 Å². The minimum absolute atomic E-state index is 0.272. The molecule has 21 heavy (non-hydrogen) atoms. The number of benzene rings is 2. The zero-order valence-electron chi connectivity index (χ0n) is 11.3. The highest BCUT2D eigenvalue weighted by atomic mass is 16.5. The molecular weight excluding hydrogens is 266 g/mol. The van der Waals surface area contributed by atoms with Crippen LogP contribution in [0, 0.1) is 0 Å². The first-order valence-corrected chi connectivity index (χ1v) is 6.98. The van der Waals surface area contributed by atoms with Crippen LogP contribution < -0.4 is 9.64 Å². The normalized spacial score (nSPS) is 17.0. The van der Waals surface area contributed by atoms with E-state index >= 15 is 0 Å². The molecule has 1 fully saturated rings. The van der Waals surface area contributed by atoms with Crippen LogP contribution in [0.1, 0.15) is 33.6 Å². The molecule has 4 heteroatoms. The molecule has 104 valence electrons. The van der Waals surface area contributed by atoms with E-state index < -0.39 is 0 Å². The average Bonchev–Trinajstić information content (AvgIpc) is 3.29. The monoisotopic (exact) mass is 279 g/mol. The Bertz CT molecular complexity index is 697. The maximum absolute atomic E-state index is 12.4. The van der Waals surface area contributed by atoms with E-state index in [-0.39, 0.29) is 11.8 Å². The fraction of sp³-hybridized carbons (Fsp3) is 0.176. The molecule has 0 atom stereocenters. The third-order valence-electron chi connectivity index (χ3n) is 3.72. The number of imide groups is 1. The van der Waals surface area contributed by atoms with Crippen molar-refractivity contribution in [1.29, 1.82) is 0 Å². The zero-order chi connectivity index (χ0) is 14.4. The molecule has 0 spiro atoms. The van der Waals surface area contributed by atoms with Crippen molar-refractivity contribution in [3.8, 4) is 5.75 Å². The highest BCUT2D eigenvalue weighted by Gasteiger charge is 2.36. The van der Waals surface area contributed by atoms with Crippen LogP contribution in [0.15, 0.2) is 48.5 Å². The minimum atomic E-state index is -0.272. The van der Waals surface area contributed by atoms with Crippen molar-refractivity contribution in [3.05, 3.63) is 59.7 Å². The Kier molecular flexibility index (Phi) is 2.57. The topological polar surface area (TPSA) is 46.6 Å². The van der Waals surface area contributed by atoms with Gasteiger partial charge in [0.1, 0.15) is 5.75 Å². The van der Waals surface area contributed by atoms with Gasteiger partial charge in [0.15, 0.2) is 0 Å². The third-order valence-corrected chi connectivity index (χ3v) is 3.72. The lowest BCUT2D eigenvalue weighted by atomic mass is 10.1. The largest absolute Gasteiger partial charge is 0.490 e. The van der Waals surface area contributed by atoms with Gasteiger partial charge in [0.05, 0.1) is 22.9 Å². The molecule has 0 bridgehead atoms. The Labute approximate surface area is 121 Å². The molecule has 2 aliphatic rings. The molecule has 0 unspecified atom stereocenters. The number of carbonyl (C=O) groups excluding carboxylic acids is 2. The van der Waals surface area contributed by atoms with Gasteiger partial charge in [0, 0.05) is 0 Å². The Morgan fingerprint density at radius 2 is 1.43 bits per heavy atom. The van der Waals surface area contributed by atoms with Gasteiger partial charge in [-0.2, -0.15) is 0 Å².